The molecule has 20 heavy (non-hydrogen) atoms. The smallest absolute Gasteiger partial charge is 0.127 e. The Morgan fingerprint density at radius 3 is 2.95 bits per heavy atom. The van der Waals surface area contributed by atoms with Gasteiger partial charge in [-0.2, -0.15) is 0 Å². The third kappa shape index (κ3) is 3.85. The summed E-state index contributed by atoms with van der Waals surface area (Å²) in [5.74, 6) is 1.54. The van der Waals surface area contributed by atoms with Crippen LogP contribution in [0.1, 0.15) is 18.5 Å². The maximum atomic E-state index is 5.98. The fourth-order valence-corrected chi connectivity index (χ4v) is 2.29. The number of hydrogen-bond donors (Lipinski definition) is 1. The van der Waals surface area contributed by atoms with Crippen LogP contribution in [0.4, 0.5) is 0 Å². The van der Waals surface area contributed by atoms with Crippen LogP contribution in [0.3, 0.4) is 0 Å². The molecule has 2 atom stereocenters. The Balaban J connectivity index is 2.03. The number of likely N-dealkylation sites (N-methyl/N-ethyl adjacent to an activating group) is 1. The molecule has 1 unspecified atom stereocenters. The maximum absolute atomic E-state index is 5.98. The third-order valence-corrected chi connectivity index (χ3v) is 3.48. The van der Waals surface area contributed by atoms with Crippen LogP contribution >= 0.6 is 0 Å². The first kappa shape index (κ1) is 15.1. The highest BCUT2D eigenvalue weighted by Crippen LogP contribution is 2.28. The normalized spacial score (nSPS) is 21.5. The number of hydrogen-bond acceptors (Lipinski definition) is 5. The zero-order valence-corrected chi connectivity index (χ0v) is 12.5. The molecule has 0 bridgehead atoms. The maximum Gasteiger partial charge on any atom is 0.127 e. The van der Waals surface area contributed by atoms with Gasteiger partial charge in [0.2, 0.25) is 0 Å². The van der Waals surface area contributed by atoms with Crippen molar-refractivity contribution < 1.29 is 14.2 Å². The van der Waals surface area contributed by atoms with Crippen LogP contribution in [0.2, 0.25) is 0 Å². The molecule has 1 heterocycles. The van der Waals surface area contributed by atoms with Crippen molar-refractivity contribution in [2.24, 2.45) is 5.73 Å². The number of benzene rings is 1. The van der Waals surface area contributed by atoms with E-state index in [4.69, 9.17) is 19.9 Å². The molecule has 0 radical (unpaired) electrons. The Morgan fingerprint density at radius 1 is 1.50 bits per heavy atom. The van der Waals surface area contributed by atoms with Crippen molar-refractivity contribution in [1.82, 2.24) is 4.90 Å². The van der Waals surface area contributed by atoms with Crippen molar-refractivity contribution in [3.63, 3.8) is 0 Å². The number of ether oxygens (including phenoxy) is 3. The number of rotatable bonds is 5. The Morgan fingerprint density at radius 2 is 2.30 bits per heavy atom. The van der Waals surface area contributed by atoms with Crippen molar-refractivity contribution in [2.75, 3.05) is 40.5 Å². The highest BCUT2D eigenvalue weighted by molar-refractivity contribution is 5.42. The number of methoxy groups -OCH3 is 1. The summed E-state index contributed by atoms with van der Waals surface area (Å²) >= 11 is 0. The van der Waals surface area contributed by atoms with E-state index in [0.29, 0.717) is 6.61 Å². The monoisotopic (exact) mass is 280 g/mol. The van der Waals surface area contributed by atoms with Gasteiger partial charge in [-0.05, 0) is 20.0 Å². The van der Waals surface area contributed by atoms with Crippen molar-refractivity contribution >= 4 is 0 Å². The first-order chi connectivity index (χ1) is 9.60. The molecule has 1 aromatic carbocycles. The van der Waals surface area contributed by atoms with Gasteiger partial charge < -0.3 is 24.8 Å². The number of morpholine rings is 1. The summed E-state index contributed by atoms with van der Waals surface area (Å²) in [6.07, 6.45) is 0.0980. The Kier molecular flexibility index (Phi) is 5.23. The highest BCUT2D eigenvalue weighted by atomic mass is 16.5. The van der Waals surface area contributed by atoms with Gasteiger partial charge >= 0.3 is 0 Å². The van der Waals surface area contributed by atoms with E-state index in [1.807, 2.05) is 25.1 Å². The fourth-order valence-electron chi connectivity index (χ4n) is 2.29. The van der Waals surface area contributed by atoms with Crippen molar-refractivity contribution in [1.29, 1.82) is 0 Å². The summed E-state index contributed by atoms with van der Waals surface area (Å²) in [6, 6.07) is 5.65. The Bertz CT molecular complexity index is 437. The molecule has 1 saturated heterocycles. The highest BCUT2D eigenvalue weighted by Gasteiger charge is 2.19. The standard InChI is InChI=1S/C15H24N2O3/c1-11(16)14-5-4-12(18-3)8-15(14)20-10-13-9-17(2)6-7-19-13/h4-5,8,11,13H,6-7,9-10,16H2,1-3H3/t11-,13?/m0/s1. The van der Waals surface area contributed by atoms with Gasteiger partial charge in [0.05, 0.1) is 13.7 Å². The molecule has 2 N–H and O–H groups in total. The minimum Gasteiger partial charge on any atom is -0.497 e. The summed E-state index contributed by atoms with van der Waals surface area (Å²) < 4.78 is 16.9. The van der Waals surface area contributed by atoms with Crippen molar-refractivity contribution in [3.8, 4) is 11.5 Å². The molecule has 112 valence electrons. The van der Waals surface area contributed by atoms with E-state index < -0.39 is 0 Å². The van der Waals surface area contributed by atoms with Crippen LogP contribution in [-0.4, -0.2) is 51.5 Å². The topological polar surface area (TPSA) is 57.0 Å². The summed E-state index contributed by atoms with van der Waals surface area (Å²) in [7, 11) is 3.73. The number of nitrogens with zero attached hydrogens (tertiary/aromatic N) is 1. The molecule has 1 aromatic rings. The predicted molar refractivity (Wildman–Crippen MR) is 78.3 cm³/mol. The van der Waals surface area contributed by atoms with Gasteiger partial charge in [-0.3, -0.25) is 0 Å². The van der Waals surface area contributed by atoms with Crippen molar-refractivity contribution in [2.45, 2.75) is 19.1 Å². The second-order valence-corrected chi connectivity index (χ2v) is 5.26. The third-order valence-electron chi connectivity index (χ3n) is 3.48. The van der Waals surface area contributed by atoms with E-state index >= 15 is 0 Å². The van der Waals surface area contributed by atoms with Gasteiger partial charge in [-0.25, -0.2) is 0 Å². The van der Waals surface area contributed by atoms with Crippen LogP contribution in [0.15, 0.2) is 18.2 Å². The van der Waals surface area contributed by atoms with Gasteiger partial charge in [0.1, 0.15) is 24.2 Å². The number of nitrogens with two attached hydrogens (primary N) is 1. The molecular formula is C15H24N2O3. The first-order valence-electron chi connectivity index (χ1n) is 6.96. The van der Waals surface area contributed by atoms with Crippen LogP contribution < -0.4 is 15.2 Å². The van der Waals surface area contributed by atoms with Crippen LogP contribution in [0.25, 0.3) is 0 Å². The summed E-state index contributed by atoms with van der Waals surface area (Å²) in [5.41, 5.74) is 6.96. The molecule has 0 aromatic heterocycles. The lowest BCUT2D eigenvalue weighted by Gasteiger charge is -2.30. The average Bonchev–Trinajstić information content (AvgIpc) is 2.44. The fraction of sp³-hybridized carbons (Fsp3) is 0.600. The van der Waals surface area contributed by atoms with Gasteiger partial charge in [0.15, 0.2) is 0 Å². The van der Waals surface area contributed by atoms with Crippen molar-refractivity contribution in [3.05, 3.63) is 23.8 Å². The first-order valence-corrected chi connectivity index (χ1v) is 6.96. The van der Waals surface area contributed by atoms with Crippen LogP contribution in [-0.2, 0) is 4.74 Å². The Labute approximate surface area is 120 Å². The molecule has 1 fully saturated rings. The molecule has 0 amide bonds. The van der Waals surface area contributed by atoms with Gasteiger partial charge in [-0.1, -0.05) is 6.07 Å². The lowest BCUT2D eigenvalue weighted by Crippen LogP contribution is -2.42. The van der Waals surface area contributed by atoms with E-state index in [2.05, 4.69) is 11.9 Å². The second-order valence-electron chi connectivity index (χ2n) is 5.26. The van der Waals surface area contributed by atoms with E-state index in [0.717, 1.165) is 36.8 Å². The quantitative estimate of drug-likeness (QED) is 0.884. The second kappa shape index (κ2) is 6.92. The van der Waals surface area contributed by atoms with E-state index in [-0.39, 0.29) is 12.1 Å². The van der Waals surface area contributed by atoms with E-state index in [1.165, 1.54) is 0 Å². The summed E-state index contributed by atoms with van der Waals surface area (Å²) in [6.45, 7) is 5.08. The molecule has 0 saturated carbocycles. The lowest BCUT2D eigenvalue weighted by atomic mass is 10.1. The predicted octanol–water partition coefficient (Wildman–Crippen LogP) is 1.42. The van der Waals surface area contributed by atoms with Crippen LogP contribution in [0.5, 0.6) is 11.5 Å². The molecule has 0 spiro atoms. The molecule has 1 aliphatic rings. The van der Waals surface area contributed by atoms with Gasteiger partial charge in [0.25, 0.3) is 0 Å². The van der Waals surface area contributed by atoms with E-state index in [1.54, 1.807) is 7.11 Å². The minimum absolute atomic E-state index is 0.0779. The van der Waals surface area contributed by atoms with Crippen LogP contribution in [0, 0.1) is 0 Å². The average molecular weight is 280 g/mol. The lowest BCUT2D eigenvalue weighted by molar-refractivity contribution is -0.0405. The molecule has 5 nitrogen and oxygen atoms in total. The zero-order valence-electron chi connectivity index (χ0n) is 12.5. The SMILES string of the molecule is COc1ccc([C@H](C)N)c(OCC2CN(C)CCO2)c1. The van der Waals surface area contributed by atoms with Gasteiger partial charge in [-0.15, -0.1) is 0 Å². The molecule has 5 heteroatoms. The molecule has 2 rings (SSSR count). The molecular weight excluding hydrogens is 256 g/mol. The molecule has 1 aliphatic heterocycles. The zero-order chi connectivity index (χ0) is 14.5. The van der Waals surface area contributed by atoms with E-state index in [9.17, 15) is 0 Å². The molecule has 0 aliphatic carbocycles. The minimum atomic E-state index is -0.0779. The van der Waals surface area contributed by atoms with Gasteiger partial charge in [0, 0.05) is 30.8 Å². The summed E-state index contributed by atoms with van der Waals surface area (Å²) in [5, 5.41) is 0. The largest absolute Gasteiger partial charge is 0.497 e. The Hall–Kier alpha value is -1.30. The summed E-state index contributed by atoms with van der Waals surface area (Å²) in [4.78, 5) is 2.25.